The summed E-state index contributed by atoms with van der Waals surface area (Å²) < 4.78 is 44.7. The van der Waals surface area contributed by atoms with Crippen LogP contribution in [-0.4, -0.2) is 50.2 Å². The molecule has 0 saturated carbocycles. The van der Waals surface area contributed by atoms with Gasteiger partial charge in [-0.15, -0.1) is 0 Å². The highest BCUT2D eigenvalue weighted by Gasteiger charge is 2.32. The van der Waals surface area contributed by atoms with Crippen molar-refractivity contribution < 1.29 is 22.7 Å². The van der Waals surface area contributed by atoms with Crippen LogP contribution in [0, 0.1) is 6.92 Å². The number of aryl methyl sites for hydroxylation is 2. The summed E-state index contributed by atoms with van der Waals surface area (Å²) in [6, 6.07) is 13.2. The maximum atomic E-state index is 13.0. The van der Waals surface area contributed by atoms with Crippen molar-refractivity contribution in [1.82, 2.24) is 4.90 Å². The molecule has 1 amide bonds. The largest absolute Gasteiger partial charge is 0.416 e. The van der Waals surface area contributed by atoms with Crippen molar-refractivity contribution in [2.75, 3.05) is 44.3 Å². The molecule has 0 N–H and O–H groups in total. The Balaban J connectivity index is 1.33. The van der Waals surface area contributed by atoms with Crippen LogP contribution in [0.4, 0.5) is 18.9 Å². The molecule has 0 unspecified atom stereocenters. The lowest BCUT2D eigenvalue weighted by atomic mass is 9.87. The van der Waals surface area contributed by atoms with Crippen molar-refractivity contribution >= 4 is 11.6 Å². The maximum Gasteiger partial charge on any atom is 0.416 e. The number of hydrogen-bond donors (Lipinski definition) is 0. The first kappa shape index (κ1) is 27.1. The molecule has 1 heterocycles. The number of carbonyl (C=O) groups is 1. The normalized spacial score (nSPS) is 14.9. The SMILES string of the molecule is Cc1ccc(CCCCOCC(=O)N2CCN(c3ccc(C(C)(C)C)cc3)CC2)cc1C(F)(F)F. The smallest absolute Gasteiger partial charge is 0.372 e. The molecule has 3 rings (SSSR count). The van der Waals surface area contributed by atoms with Gasteiger partial charge in [-0.25, -0.2) is 0 Å². The molecule has 4 nitrogen and oxygen atoms in total. The van der Waals surface area contributed by atoms with Crippen molar-refractivity contribution in [3.8, 4) is 0 Å². The van der Waals surface area contributed by atoms with Gasteiger partial charge in [0.2, 0.25) is 5.91 Å². The summed E-state index contributed by atoms with van der Waals surface area (Å²) in [5.74, 6) is -0.0129. The molecule has 1 saturated heterocycles. The number of halogens is 3. The molecule has 35 heavy (non-hydrogen) atoms. The Kier molecular flexibility index (Phi) is 8.86. The number of unbranched alkanes of at least 4 members (excludes halogenated alkanes) is 1. The van der Waals surface area contributed by atoms with E-state index in [2.05, 4.69) is 49.9 Å². The third-order valence-corrected chi connectivity index (χ3v) is 6.57. The van der Waals surface area contributed by atoms with E-state index < -0.39 is 11.7 Å². The predicted octanol–water partition coefficient (Wildman–Crippen LogP) is 6.00. The van der Waals surface area contributed by atoms with E-state index in [1.54, 1.807) is 6.07 Å². The fourth-order valence-corrected chi connectivity index (χ4v) is 4.30. The van der Waals surface area contributed by atoms with Crippen LogP contribution < -0.4 is 4.90 Å². The Labute approximate surface area is 207 Å². The van der Waals surface area contributed by atoms with Crippen molar-refractivity contribution in [1.29, 1.82) is 0 Å². The van der Waals surface area contributed by atoms with Crippen LogP contribution in [0.1, 0.15) is 55.9 Å². The highest BCUT2D eigenvalue weighted by Crippen LogP contribution is 2.32. The molecule has 2 aromatic rings. The number of nitrogens with zero attached hydrogens (tertiary/aromatic N) is 2. The standard InChI is InChI=1S/C28H37F3N2O2/c1-21-8-9-22(19-25(21)28(29,30)31)7-5-6-18-35-20-26(34)33-16-14-32(15-17-33)24-12-10-23(11-13-24)27(2,3)4/h8-13,19H,5-7,14-18,20H2,1-4H3. The minimum atomic E-state index is -4.33. The van der Waals surface area contributed by atoms with Gasteiger partial charge in [0.15, 0.2) is 0 Å². The first-order valence-electron chi connectivity index (χ1n) is 12.3. The number of carbonyl (C=O) groups excluding carboxylic acids is 1. The zero-order valence-corrected chi connectivity index (χ0v) is 21.3. The molecule has 192 valence electrons. The Bertz CT molecular complexity index is 973. The predicted molar refractivity (Wildman–Crippen MR) is 134 cm³/mol. The second-order valence-electron chi connectivity index (χ2n) is 10.3. The topological polar surface area (TPSA) is 32.8 Å². The lowest BCUT2D eigenvalue weighted by Gasteiger charge is -2.36. The molecule has 0 aromatic heterocycles. The Hall–Kier alpha value is -2.54. The number of anilines is 1. The van der Waals surface area contributed by atoms with Crippen LogP contribution in [0.3, 0.4) is 0 Å². The molecule has 0 spiro atoms. The summed E-state index contributed by atoms with van der Waals surface area (Å²) in [5.41, 5.74) is 2.95. The van der Waals surface area contributed by atoms with E-state index in [0.29, 0.717) is 44.5 Å². The molecule has 1 fully saturated rings. The average molecular weight is 491 g/mol. The third-order valence-electron chi connectivity index (χ3n) is 6.57. The van der Waals surface area contributed by atoms with E-state index >= 15 is 0 Å². The van der Waals surface area contributed by atoms with E-state index in [1.165, 1.54) is 30.3 Å². The van der Waals surface area contributed by atoms with Gasteiger partial charge in [0.25, 0.3) is 0 Å². The molecule has 0 atom stereocenters. The van der Waals surface area contributed by atoms with E-state index in [0.717, 1.165) is 13.1 Å². The van der Waals surface area contributed by atoms with Crippen LogP contribution in [0.25, 0.3) is 0 Å². The first-order chi connectivity index (χ1) is 16.4. The fraction of sp³-hybridized carbons (Fsp3) is 0.536. The lowest BCUT2D eigenvalue weighted by molar-refractivity contribution is -0.138. The molecule has 1 aliphatic rings. The van der Waals surface area contributed by atoms with Crippen LogP contribution in [-0.2, 0) is 27.5 Å². The second-order valence-corrected chi connectivity index (χ2v) is 10.3. The number of rotatable bonds is 8. The summed E-state index contributed by atoms with van der Waals surface area (Å²) in [5, 5.41) is 0. The first-order valence-corrected chi connectivity index (χ1v) is 12.3. The highest BCUT2D eigenvalue weighted by atomic mass is 19.4. The van der Waals surface area contributed by atoms with Gasteiger partial charge < -0.3 is 14.5 Å². The fourth-order valence-electron chi connectivity index (χ4n) is 4.30. The van der Waals surface area contributed by atoms with Crippen LogP contribution in [0.2, 0.25) is 0 Å². The molecule has 7 heteroatoms. The van der Waals surface area contributed by atoms with E-state index in [-0.39, 0.29) is 23.5 Å². The van der Waals surface area contributed by atoms with Crippen molar-refractivity contribution in [2.45, 2.75) is 58.5 Å². The van der Waals surface area contributed by atoms with Crippen molar-refractivity contribution in [3.05, 3.63) is 64.7 Å². The van der Waals surface area contributed by atoms with E-state index in [1.807, 2.05) is 4.90 Å². The monoisotopic (exact) mass is 490 g/mol. The zero-order chi connectivity index (χ0) is 25.6. The van der Waals surface area contributed by atoms with Crippen molar-refractivity contribution in [2.24, 2.45) is 0 Å². The Morgan fingerprint density at radius 3 is 2.20 bits per heavy atom. The zero-order valence-electron chi connectivity index (χ0n) is 21.3. The number of benzene rings is 2. The highest BCUT2D eigenvalue weighted by molar-refractivity contribution is 5.77. The van der Waals surface area contributed by atoms with Crippen molar-refractivity contribution in [3.63, 3.8) is 0 Å². The Morgan fingerprint density at radius 1 is 0.943 bits per heavy atom. The molecule has 2 aromatic carbocycles. The minimum absolute atomic E-state index is 0.0129. The average Bonchev–Trinajstić information content (AvgIpc) is 2.81. The minimum Gasteiger partial charge on any atom is -0.372 e. The summed E-state index contributed by atoms with van der Waals surface area (Å²) in [7, 11) is 0. The molecule has 0 aliphatic carbocycles. The van der Waals surface area contributed by atoms with Gasteiger partial charge in [0, 0.05) is 38.5 Å². The van der Waals surface area contributed by atoms with Crippen LogP contribution >= 0.6 is 0 Å². The van der Waals surface area contributed by atoms with Gasteiger partial charge in [-0.05, 0) is 66.5 Å². The second kappa shape index (κ2) is 11.5. The summed E-state index contributed by atoms with van der Waals surface area (Å²) in [6.07, 6.45) is -2.37. The summed E-state index contributed by atoms with van der Waals surface area (Å²) in [4.78, 5) is 16.6. The third kappa shape index (κ3) is 7.72. The number of amides is 1. The number of hydrogen-bond acceptors (Lipinski definition) is 3. The molecular weight excluding hydrogens is 453 g/mol. The van der Waals surface area contributed by atoms with Crippen LogP contribution in [0.5, 0.6) is 0 Å². The molecular formula is C28H37F3N2O2. The van der Waals surface area contributed by atoms with Gasteiger partial charge in [0.1, 0.15) is 6.61 Å². The van der Waals surface area contributed by atoms with Gasteiger partial charge in [-0.1, -0.05) is 45.0 Å². The molecule has 1 aliphatic heterocycles. The van der Waals surface area contributed by atoms with Crippen LogP contribution in [0.15, 0.2) is 42.5 Å². The summed E-state index contributed by atoms with van der Waals surface area (Å²) >= 11 is 0. The maximum absolute atomic E-state index is 13.0. The summed E-state index contributed by atoms with van der Waals surface area (Å²) in [6.45, 7) is 11.4. The molecule has 0 bridgehead atoms. The van der Waals surface area contributed by atoms with Gasteiger partial charge in [-0.3, -0.25) is 4.79 Å². The number of piperazine rings is 1. The van der Waals surface area contributed by atoms with E-state index in [9.17, 15) is 18.0 Å². The number of alkyl halides is 3. The van der Waals surface area contributed by atoms with E-state index in [4.69, 9.17) is 4.74 Å². The number of ether oxygens (including phenoxy) is 1. The molecule has 0 radical (unpaired) electrons. The lowest BCUT2D eigenvalue weighted by Crippen LogP contribution is -2.49. The Morgan fingerprint density at radius 2 is 1.60 bits per heavy atom. The van der Waals surface area contributed by atoms with Gasteiger partial charge in [0.05, 0.1) is 5.56 Å². The van der Waals surface area contributed by atoms with Gasteiger partial charge in [-0.2, -0.15) is 13.2 Å². The quantitative estimate of drug-likeness (QED) is 0.426. The van der Waals surface area contributed by atoms with Gasteiger partial charge >= 0.3 is 6.18 Å².